The van der Waals surface area contributed by atoms with E-state index in [1.807, 2.05) is 42.5 Å². The Labute approximate surface area is 191 Å². The maximum Gasteiger partial charge on any atom is 0.138 e. The summed E-state index contributed by atoms with van der Waals surface area (Å²) in [7, 11) is 0. The first-order valence-electron chi connectivity index (χ1n) is 11.1. The van der Waals surface area contributed by atoms with Gasteiger partial charge in [-0.05, 0) is 78.8 Å². The lowest BCUT2D eigenvalue weighted by atomic mass is 9.78. The third kappa shape index (κ3) is 4.57. The lowest BCUT2D eigenvalue weighted by Crippen LogP contribution is -2.27. The zero-order valence-corrected chi connectivity index (χ0v) is 18.8. The number of fused-ring (bicyclic) bond motifs is 2. The number of unbranched alkanes of at least 4 members (excludes halogenated alkanes) is 2. The summed E-state index contributed by atoms with van der Waals surface area (Å²) < 4.78 is 31.4. The summed E-state index contributed by atoms with van der Waals surface area (Å²) in [6.45, 7) is -0.896. The number of phenolic OH excluding ortho intramolecular Hbond substituents is 1. The average Bonchev–Trinajstić information content (AvgIpc) is 3.26. The maximum absolute atomic E-state index is 12.8. The number of benzene rings is 3. The van der Waals surface area contributed by atoms with Crippen LogP contribution < -0.4 is 4.74 Å². The molecule has 0 amide bonds. The number of ether oxygens (including phenoxy) is 1. The number of alkyl halides is 2. The van der Waals surface area contributed by atoms with Crippen LogP contribution in [0.1, 0.15) is 44.1 Å². The van der Waals surface area contributed by atoms with Crippen LogP contribution in [-0.2, 0) is 5.60 Å². The number of hydrogen-bond donors (Lipinski definition) is 2. The molecule has 3 aromatic rings. The summed E-state index contributed by atoms with van der Waals surface area (Å²) in [6, 6.07) is 15.2. The van der Waals surface area contributed by atoms with Gasteiger partial charge in [-0.2, -0.15) is 0 Å². The molecule has 1 heterocycles. The van der Waals surface area contributed by atoms with Gasteiger partial charge < -0.3 is 14.9 Å². The van der Waals surface area contributed by atoms with Crippen molar-refractivity contribution in [1.82, 2.24) is 0 Å². The van der Waals surface area contributed by atoms with Crippen molar-refractivity contribution in [1.29, 1.82) is 0 Å². The predicted octanol–water partition coefficient (Wildman–Crippen LogP) is 7.12. The predicted molar refractivity (Wildman–Crippen MR) is 126 cm³/mol. The SMILES string of the molecule is Oc1cc(C(O)(CCCCF)CCCCF)c(-c2ccccc2)c2cc3c(cc12)SCO3. The van der Waals surface area contributed by atoms with Gasteiger partial charge in [0.2, 0.25) is 0 Å². The van der Waals surface area contributed by atoms with Crippen LogP contribution >= 0.6 is 11.8 Å². The number of aromatic hydroxyl groups is 1. The zero-order valence-electron chi connectivity index (χ0n) is 17.9. The van der Waals surface area contributed by atoms with E-state index in [-0.39, 0.29) is 5.75 Å². The maximum atomic E-state index is 12.8. The third-order valence-corrected chi connectivity index (χ3v) is 6.99. The average molecular weight is 459 g/mol. The van der Waals surface area contributed by atoms with Crippen molar-refractivity contribution in [3.63, 3.8) is 0 Å². The van der Waals surface area contributed by atoms with E-state index < -0.39 is 19.0 Å². The summed E-state index contributed by atoms with van der Waals surface area (Å²) in [5.41, 5.74) is 1.02. The molecule has 1 aliphatic rings. The van der Waals surface area contributed by atoms with Crippen LogP contribution in [0.5, 0.6) is 11.5 Å². The van der Waals surface area contributed by atoms with Crippen LogP contribution in [0.4, 0.5) is 8.78 Å². The lowest BCUT2D eigenvalue weighted by molar-refractivity contribution is 0.0133. The molecule has 0 fully saturated rings. The minimum atomic E-state index is -1.31. The van der Waals surface area contributed by atoms with E-state index in [4.69, 9.17) is 4.74 Å². The molecule has 0 radical (unpaired) electrons. The largest absolute Gasteiger partial charge is 0.507 e. The van der Waals surface area contributed by atoms with Gasteiger partial charge in [-0.1, -0.05) is 42.1 Å². The number of phenols is 1. The van der Waals surface area contributed by atoms with Gasteiger partial charge >= 0.3 is 0 Å². The fourth-order valence-electron chi connectivity index (χ4n) is 4.49. The van der Waals surface area contributed by atoms with E-state index in [2.05, 4.69) is 0 Å². The molecule has 4 rings (SSSR count). The van der Waals surface area contributed by atoms with Crippen molar-refractivity contribution in [2.45, 2.75) is 49.0 Å². The Morgan fingerprint density at radius 2 is 1.59 bits per heavy atom. The van der Waals surface area contributed by atoms with Crippen LogP contribution in [-0.4, -0.2) is 29.5 Å². The van der Waals surface area contributed by atoms with Gasteiger partial charge in [0.25, 0.3) is 0 Å². The first-order valence-corrected chi connectivity index (χ1v) is 12.1. The van der Waals surface area contributed by atoms with Gasteiger partial charge in [0.15, 0.2) is 0 Å². The van der Waals surface area contributed by atoms with Crippen molar-refractivity contribution < 1.29 is 23.7 Å². The van der Waals surface area contributed by atoms with Gasteiger partial charge in [0.1, 0.15) is 17.4 Å². The molecule has 2 N–H and O–H groups in total. The quantitative estimate of drug-likeness (QED) is 0.318. The number of hydrogen-bond acceptors (Lipinski definition) is 4. The highest BCUT2D eigenvalue weighted by Gasteiger charge is 2.33. The molecule has 0 spiro atoms. The summed E-state index contributed by atoms with van der Waals surface area (Å²) in [6.07, 6.45) is 2.38. The highest BCUT2D eigenvalue weighted by molar-refractivity contribution is 7.99. The summed E-state index contributed by atoms with van der Waals surface area (Å²) >= 11 is 1.58. The first kappa shape index (κ1) is 22.9. The molecule has 0 aliphatic carbocycles. The Morgan fingerprint density at radius 3 is 2.25 bits per heavy atom. The van der Waals surface area contributed by atoms with Crippen molar-refractivity contribution in [2.24, 2.45) is 0 Å². The van der Waals surface area contributed by atoms with Gasteiger partial charge in [-0.15, -0.1) is 0 Å². The molecule has 1 aliphatic heterocycles. The minimum Gasteiger partial charge on any atom is -0.507 e. The Morgan fingerprint density at radius 1 is 0.906 bits per heavy atom. The van der Waals surface area contributed by atoms with E-state index in [0.29, 0.717) is 55.4 Å². The molecule has 0 atom stereocenters. The molecule has 0 saturated carbocycles. The molecule has 170 valence electrons. The molecule has 32 heavy (non-hydrogen) atoms. The first-order chi connectivity index (χ1) is 15.6. The molecule has 0 unspecified atom stereocenters. The van der Waals surface area contributed by atoms with Crippen molar-refractivity contribution in [2.75, 3.05) is 19.3 Å². The summed E-state index contributed by atoms with van der Waals surface area (Å²) in [5, 5.41) is 24.3. The van der Waals surface area contributed by atoms with Gasteiger partial charge in [0.05, 0.1) is 23.8 Å². The molecule has 3 aromatic carbocycles. The van der Waals surface area contributed by atoms with Gasteiger partial charge in [-0.25, -0.2) is 0 Å². The van der Waals surface area contributed by atoms with Gasteiger partial charge in [0, 0.05) is 5.39 Å². The number of halogens is 2. The normalized spacial score (nSPS) is 13.3. The molecular weight excluding hydrogens is 430 g/mol. The van der Waals surface area contributed by atoms with Crippen LogP contribution in [0.25, 0.3) is 21.9 Å². The van der Waals surface area contributed by atoms with Crippen molar-refractivity contribution >= 4 is 22.5 Å². The number of thioether (sulfide) groups is 1. The smallest absolute Gasteiger partial charge is 0.138 e. The Bertz CT molecular complexity index is 1060. The molecule has 6 heteroatoms. The fraction of sp³-hybridized carbons (Fsp3) is 0.385. The van der Waals surface area contributed by atoms with Crippen LogP contribution in [0, 0.1) is 0 Å². The highest BCUT2D eigenvalue weighted by Crippen LogP contribution is 2.49. The Kier molecular flexibility index (Phi) is 7.21. The number of rotatable bonds is 10. The van der Waals surface area contributed by atoms with E-state index >= 15 is 0 Å². The minimum absolute atomic E-state index is 0.0828. The van der Waals surface area contributed by atoms with E-state index in [1.54, 1.807) is 17.8 Å². The van der Waals surface area contributed by atoms with E-state index in [9.17, 15) is 19.0 Å². The van der Waals surface area contributed by atoms with E-state index in [0.717, 1.165) is 27.2 Å². The van der Waals surface area contributed by atoms with Crippen LogP contribution in [0.3, 0.4) is 0 Å². The second-order valence-corrected chi connectivity index (χ2v) is 9.22. The molecule has 0 bridgehead atoms. The molecular formula is C26H28F2O3S. The van der Waals surface area contributed by atoms with E-state index in [1.165, 1.54) is 0 Å². The van der Waals surface area contributed by atoms with Crippen LogP contribution in [0.2, 0.25) is 0 Å². The third-order valence-electron chi connectivity index (χ3n) is 6.12. The van der Waals surface area contributed by atoms with Gasteiger partial charge in [-0.3, -0.25) is 8.78 Å². The lowest BCUT2D eigenvalue weighted by Gasteiger charge is -2.32. The summed E-state index contributed by atoms with van der Waals surface area (Å²) in [5.74, 6) is 1.37. The standard InChI is InChI=1S/C26H28F2O3S/c27-12-6-4-10-26(30,11-5-7-13-28)21-16-22(29)19-15-24-23(31-17-32-24)14-20(19)25(21)18-8-2-1-3-9-18/h1-3,8-9,14-16,29-30H,4-7,10-13,17H2. The second kappa shape index (κ2) is 10.1. The number of aliphatic hydroxyl groups is 1. The second-order valence-electron chi connectivity index (χ2n) is 8.26. The molecule has 0 saturated heterocycles. The Hall–Kier alpha value is -2.31. The van der Waals surface area contributed by atoms with Crippen molar-refractivity contribution in [3.05, 3.63) is 54.1 Å². The Balaban J connectivity index is 1.94. The highest BCUT2D eigenvalue weighted by atomic mass is 32.2. The summed E-state index contributed by atoms with van der Waals surface area (Å²) in [4.78, 5) is 0.973. The monoisotopic (exact) mass is 458 g/mol. The molecule has 3 nitrogen and oxygen atoms in total. The fourth-order valence-corrected chi connectivity index (χ4v) is 5.27. The molecule has 0 aromatic heterocycles. The van der Waals surface area contributed by atoms with Crippen molar-refractivity contribution in [3.8, 4) is 22.6 Å². The zero-order chi connectivity index (χ0) is 22.6. The topological polar surface area (TPSA) is 49.7 Å². The van der Waals surface area contributed by atoms with Crippen LogP contribution in [0.15, 0.2) is 53.4 Å².